The van der Waals surface area contributed by atoms with Crippen molar-refractivity contribution in [1.82, 2.24) is 9.97 Å². The quantitative estimate of drug-likeness (QED) is 0.693. The van der Waals surface area contributed by atoms with Gasteiger partial charge in [0.15, 0.2) is 5.78 Å². The first-order chi connectivity index (χ1) is 8.74. The Morgan fingerprint density at radius 2 is 2.06 bits per heavy atom. The second kappa shape index (κ2) is 4.11. The van der Waals surface area contributed by atoms with Crippen molar-refractivity contribution in [2.75, 3.05) is 0 Å². The van der Waals surface area contributed by atoms with E-state index < -0.39 is 0 Å². The maximum Gasteiger partial charge on any atom is 0.161 e. The molecule has 0 aliphatic heterocycles. The van der Waals surface area contributed by atoms with Gasteiger partial charge < -0.3 is 4.98 Å². The van der Waals surface area contributed by atoms with Gasteiger partial charge in [0.1, 0.15) is 0 Å². The first kappa shape index (κ1) is 10.7. The zero-order chi connectivity index (χ0) is 12.5. The number of carbonyl (C=O) groups excluding carboxylic acids is 1. The van der Waals surface area contributed by atoms with E-state index in [1.54, 1.807) is 13.1 Å². The minimum atomic E-state index is 0.0372. The highest BCUT2D eigenvalue weighted by molar-refractivity contribution is 5.94. The third-order valence-corrected chi connectivity index (χ3v) is 3.02. The summed E-state index contributed by atoms with van der Waals surface area (Å²) in [5.74, 6) is 0.0372. The largest absolute Gasteiger partial charge is 0.361 e. The van der Waals surface area contributed by atoms with Gasteiger partial charge in [0, 0.05) is 34.4 Å². The summed E-state index contributed by atoms with van der Waals surface area (Å²) in [4.78, 5) is 18.7. The number of carbonyl (C=O) groups is 1. The molecular weight excluding hydrogens is 224 g/mol. The van der Waals surface area contributed by atoms with Gasteiger partial charge in [-0.2, -0.15) is 0 Å². The van der Waals surface area contributed by atoms with Crippen molar-refractivity contribution in [1.29, 1.82) is 0 Å². The molecule has 0 aliphatic carbocycles. The second-order valence-corrected chi connectivity index (χ2v) is 4.27. The van der Waals surface area contributed by atoms with Crippen LogP contribution in [0.15, 0.2) is 48.8 Å². The standard InChI is InChI=1S/C15H12N2O/c1-10(18)13-3-5-15(17-9-13)11-2-4-14-12(8-11)6-7-16-14/h2-9,16H,1H3. The molecule has 3 aromatic rings. The van der Waals surface area contributed by atoms with Gasteiger partial charge in [0.05, 0.1) is 5.69 Å². The Morgan fingerprint density at radius 1 is 1.17 bits per heavy atom. The van der Waals surface area contributed by atoms with Crippen molar-refractivity contribution < 1.29 is 4.79 Å². The fourth-order valence-electron chi connectivity index (χ4n) is 1.99. The van der Waals surface area contributed by atoms with E-state index in [2.05, 4.69) is 16.0 Å². The van der Waals surface area contributed by atoms with Crippen LogP contribution in [-0.4, -0.2) is 15.8 Å². The third-order valence-electron chi connectivity index (χ3n) is 3.02. The van der Waals surface area contributed by atoms with Crippen molar-refractivity contribution in [3.63, 3.8) is 0 Å². The molecule has 0 radical (unpaired) electrons. The van der Waals surface area contributed by atoms with Crippen molar-refractivity contribution in [3.8, 4) is 11.3 Å². The van der Waals surface area contributed by atoms with Gasteiger partial charge in [0.25, 0.3) is 0 Å². The highest BCUT2D eigenvalue weighted by Crippen LogP contribution is 2.22. The number of hydrogen-bond acceptors (Lipinski definition) is 2. The van der Waals surface area contributed by atoms with E-state index in [-0.39, 0.29) is 5.78 Å². The highest BCUT2D eigenvalue weighted by atomic mass is 16.1. The zero-order valence-electron chi connectivity index (χ0n) is 9.97. The Morgan fingerprint density at radius 3 is 2.78 bits per heavy atom. The molecule has 2 heterocycles. The van der Waals surface area contributed by atoms with Crippen LogP contribution >= 0.6 is 0 Å². The minimum absolute atomic E-state index is 0.0372. The average Bonchev–Trinajstić information content (AvgIpc) is 2.86. The molecule has 1 N–H and O–H groups in total. The van der Waals surface area contributed by atoms with Gasteiger partial charge in [0.2, 0.25) is 0 Å². The first-order valence-corrected chi connectivity index (χ1v) is 5.78. The molecule has 0 amide bonds. The number of aromatic nitrogens is 2. The molecular formula is C15H12N2O. The van der Waals surface area contributed by atoms with Crippen LogP contribution in [0.3, 0.4) is 0 Å². The SMILES string of the molecule is CC(=O)c1ccc(-c2ccc3[nH]ccc3c2)nc1. The molecule has 0 spiro atoms. The van der Waals surface area contributed by atoms with Crippen LogP contribution in [0.1, 0.15) is 17.3 Å². The Labute approximate surface area is 104 Å². The average molecular weight is 236 g/mol. The molecule has 0 unspecified atom stereocenters. The lowest BCUT2D eigenvalue weighted by atomic mass is 10.1. The number of rotatable bonds is 2. The maximum atomic E-state index is 11.2. The monoisotopic (exact) mass is 236 g/mol. The fraction of sp³-hybridized carbons (Fsp3) is 0.0667. The number of benzene rings is 1. The number of ketones is 1. The van der Waals surface area contributed by atoms with Crippen molar-refractivity contribution >= 4 is 16.7 Å². The highest BCUT2D eigenvalue weighted by Gasteiger charge is 2.03. The van der Waals surface area contributed by atoms with E-state index in [4.69, 9.17) is 0 Å². The first-order valence-electron chi connectivity index (χ1n) is 5.78. The second-order valence-electron chi connectivity index (χ2n) is 4.27. The number of Topliss-reactive ketones (excluding diaryl/α,β-unsaturated/α-hetero) is 1. The number of H-pyrrole nitrogens is 1. The summed E-state index contributed by atoms with van der Waals surface area (Å²) < 4.78 is 0. The Kier molecular flexibility index (Phi) is 2.45. The van der Waals surface area contributed by atoms with E-state index in [9.17, 15) is 4.79 Å². The molecule has 0 saturated carbocycles. The van der Waals surface area contributed by atoms with E-state index in [0.717, 1.165) is 22.2 Å². The minimum Gasteiger partial charge on any atom is -0.361 e. The van der Waals surface area contributed by atoms with Crippen LogP contribution in [0, 0.1) is 0 Å². The summed E-state index contributed by atoms with van der Waals surface area (Å²) in [5, 5.41) is 1.16. The Hall–Kier alpha value is -2.42. The number of hydrogen-bond donors (Lipinski definition) is 1. The van der Waals surface area contributed by atoms with Gasteiger partial charge in [-0.3, -0.25) is 9.78 Å². The van der Waals surface area contributed by atoms with Crippen LogP contribution in [0.5, 0.6) is 0 Å². The topological polar surface area (TPSA) is 45.8 Å². The molecule has 1 aromatic carbocycles. The zero-order valence-corrected chi connectivity index (χ0v) is 9.97. The van der Waals surface area contributed by atoms with Gasteiger partial charge >= 0.3 is 0 Å². The predicted octanol–water partition coefficient (Wildman–Crippen LogP) is 3.43. The van der Waals surface area contributed by atoms with Gasteiger partial charge in [-0.1, -0.05) is 6.07 Å². The molecule has 0 aliphatic rings. The van der Waals surface area contributed by atoms with Crippen LogP contribution in [0.25, 0.3) is 22.2 Å². The van der Waals surface area contributed by atoms with E-state index in [0.29, 0.717) is 5.56 Å². The normalized spacial score (nSPS) is 10.7. The lowest BCUT2D eigenvalue weighted by molar-refractivity contribution is 0.101. The molecule has 3 nitrogen and oxygen atoms in total. The van der Waals surface area contributed by atoms with Crippen LogP contribution in [0.4, 0.5) is 0 Å². The Bertz CT molecular complexity index is 711. The van der Waals surface area contributed by atoms with Gasteiger partial charge in [-0.15, -0.1) is 0 Å². The fourth-order valence-corrected chi connectivity index (χ4v) is 1.99. The molecule has 0 saturated heterocycles. The number of aromatic amines is 1. The summed E-state index contributed by atoms with van der Waals surface area (Å²) in [5.41, 5.74) is 3.68. The Balaban J connectivity index is 2.05. The molecule has 0 bridgehead atoms. The predicted molar refractivity (Wildman–Crippen MR) is 71.5 cm³/mol. The number of fused-ring (bicyclic) bond motifs is 1. The van der Waals surface area contributed by atoms with Crippen molar-refractivity contribution in [2.45, 2.75) is 6.92 Å². The summed E-state index contributed by atoms with van der Waals surface area (Å²) in [6, 6.07) is 11.9. The molecule has 0 fully saturated rings. The maximum absolute atomic E-state index is 11.2. The molecule has 18 heavy (non-hydrogen) atoms. The smallest absolute Gasteiger partial charge is 0.161 e. The van der Waals surface area contributed by atoms with Gasteiger partial charge in [-0.05, 0) is 37.3 Å². The summed E-state index contributed by atoms with van der Waals surface area (Å²) >= 11 is 0. The van der Waals surface area contributed by atoms with E-state index >= 15 is 0 Å². The van der Waals surface area contributed by atoms with E-state index in [1.807, 2.05) is 36.5 Å². The van der Waals surface area contributed by atoms with Crippen LogP contribution in [0.2, 0.25) is 0 Å². The number of nitrogens with zero attached hydrogens (tertiary/aromatic N) is 1. The number of pyridine rings is 1. The molecule has 3 rings (SSSR count). The van der Waals surface area contributed by atoms with E-state index in [1.165, 1.54) is 0 Å². The molecule has 2 aromatic heterocycles. The molecule has 88 valence electrons. The van der Waals surface area contributed by atoms with Crippen molar-refractivity contribution in [3.05, 3.63) is 54.4 Å². The summed E-state index contributed by atoms with van der Waals surface area (Å²) in [7, 11) is 0. The molecule has 3 heteroatoms. The number of nitrogens with one attached hydrogen (secondary N) is 1. The van der Waals surface area contributed by atoms with Crippen LogP contribution < -0.4 is 0 Å². The lowest BCUT2D eigenvalue weighted by Gasteiger charge is -2.02. The van der Waals surface area contributed by atoms with Crippen LogP contribution in [-0.2, 0) is 0 Å². The lowest BCUT2D eigenvalue weighted by Crippen LogP contribution is -1.93. The van der Waals surface area contributed by atoms with Crippen molar-refractivity contribution in [2.24, 2.45) is 0 Å². The molecule has 0 atom stereocenters. The summed E-state index contributed by atoms with van der Waals surface area (Å²) in [6.45, 7) is 1.54. The summed E-state index contributed by atoms with van der Waals surface area (Å²) in [6.07, 6.45) is 3.54. The third kappa shape index (κ3) is 1.80. The van der Waals surface area contributed by atoms with Gasteiger partial charge in [-0.25, -0.2) is 0 Å².